The number of aryl methyl sites for hydroxylation is 1. The van der Waals surface area contributed by atoms with E-state index in [0.717, 1.165) is 30.9 Å². The van der Waals surface area contributed by atoms with Crippen molar-refractivity contribution in [2.24, 2.45) is 0 Å². The topological polar surface area (TPSA) is 151 Å². The van der Waals surface area contributed by atoms with Crippen LogP contribution in [0.15, 0.2) is 120 Å². The first-order chi connectivity index (χ1) is 31.5. The summed E-state index contributed by atoms with van der Waals surface area (Å²) in [7, 11) is 0. The summed E-state index contributed by atoms with van der Waals surface area (Å²) in [5.41, 5.74) is 2.56. The Balaban J connectivity index is 0.000000247. The number of nitrogens with zero attached hydrogens (tertiary/aromatic N) is 1. The Kier molecular flexibility index (Phi) is 20.6. The molecule has 0 radical (unpaired) electrons. The molecule has 0 aliphatic rings. The molecule has 6 aromatic carbocycles. The molecule has 0 aliphatic carbocycles. The van der Waals surface area contributed by atoms with Crippen molar-refractivity contribution < 1.29 is 56.5 Å². The zero-order valence-electron chi connectivity index (χ0n) is 34.1. The molecule has 66 heavy (non-hydrogen) atoms. The minimum absolute atomic E-state index is 0.0600. The molecule has 12 nitrogen and oxygen atoms in total. The molecule has 6 aromatic rings. The normalized spacial score (nSPS) is 11.7. The average Bonchev–Trinajstić information content (AvgIpc) is 3.30. The summed E-state index contributed by atoms with van der Waals surface area (Å²) in [5.74, 6) is -5.27. The van der Waals surface area contributed by atoms with Crippen molar-refractivity contribution in [3.63, 3.8) is 0 Å². The van der Waals surface area contributed by atoms with Gasteiger partial charge in [-0.25, -0.2) is 23.0 Å². The van der Waals surface area contributed by atoms with Gasteiger partial charge < -0.3 is 30.3 Å². The lowest BCUT2D eigenvalue weighted by atomic mass is 10.1. The van der Waals surface area contributed by atoms with Gasteiger partial charge in [-0.3, -0.25) is 19.3 Å². The van der Waals surface area contributed by atoms with Crippen LogP contribution in [0.1, 0.15) is 26.3 Å². The predicted molar refractivity (Wildman–Crippen MR) is 265 cm³/mol. The first-order valence-electron chi connectivity index (χ1n) is 19.2. The van der Waals surface area contributed by atoms with Crippen LogP contribution in [0.4, 0.5) is 40.3 Å². The van der Waals surface area contributed by atoms with Crippen LogP contribution in [-0.2, 0) is 9.68 Å². The molecule has 5 N–H and O–H groups in total. The van der Waals surface area contributed by atoms with E-state index in [1.165, 1.54) is 0 Å². The zero-order chi connectivity index (χ0) is 47.9. The van der Waals surface area contributed by atoms with Crippen molar-refractivity contribution in [1.29, 1.82) is 0 Å². The zero-order valence-corrected chi connectivity index (χ0v) is 42.4. The number of ether oxygens (including phenoxy) is 2. The second kappa shape index (κ2) is 25.7. The number of aliphatic hydroxyl groups is 2. The second-order valence-electron chi connectivity index (χ2n) is 13.7. The van der Waals surface area contributed by atoms with E-state index < -0.39 is 53.0 Å². The van der Waals surface area contributed by atoms with Crippen LogP contribution in [0, 0.1) is 37.3 Å². The fraction of sp³-hybridized carbons (Fsp3) is 0.156. The van der Waals surface area contributed by atoms with Crippen LogP contribution in [0.2, 0.25) is 5.02 Å². The number of amides is 2. The van der Waals surface area contributed by atoms with E-state index in [9.17, 15) is 37.4 Å². The number of halogens is 9. The van der Waals surface area contributed by atoms with Gasteiger partial charge in [-0.1, -0.05) is 48.0 Å². The molecule has 0 aliphatic heterocycles. The average molecular weight is 1290 g/mol. The number of para-hydroxylation sites is 2. The fourth-order valence-electron chi connectivity index (χ4n) is 5.45. The third-order valence-electron chi connectivity index (χ3n) is 8.72. The van der Waals surface area contributed by atoms with Gasteiger partial charge in [0.25, 0.3) is 11.8 Å². The molecule has 2 amide bonds. The minimum Gasteiger partial charge on any atom is -0.491 e. The highest BCUT2D eigenvalue weighted by Crippen LogP contribution is 2.34. The molecule has 0 bridgehead atoms. The van der Waals surface area contributed by atoms with Crippen molar-refractivity contribution in [2.45, 2.75) is 19.1 Å². The van der Waals surface area contributed by atoms with Crippen LogP contribution >= 0.6 is 88.9 Å². The monoisotopic (exact) mass is 1280 g/mol. The molecule has 21 heteroatoms. The maximum absolute atomic E-state index is 14.7. The first kappa shape index (κ1) is 52.7. The lowest BCUT2D eigenvalue weighted by molar-refractivity contribution is -0.0857. The van der Waals surface area contributed by atoms with E-state index in [4.69, 9.17) is 30.7 Å². The number of carbonyl (C=O) groups is 2. The molecule has 6 rings (SSSR count). The number of anilines is 4. The van der Waals surface area contributed by atoms with Crippen LogP contribution in [0.5, 0.6) is 11.5 Å². The van der Waals surface area contributed by atoms with Gasteiger partial charge in [-0.2, -0.15) is 0 Å². The van der Waals surface area contributed by atoms with Crippen LogP contribution in [-0.4, -0.2) is 64.8 Å². The number of aliphatic hydroxyl groups excluding tert-OH is 2. The molecule has 0 fully saturated rings. The molecule has 0 heterocycles. The Morgan fingerprint density at radius 3 is 1.83 bits per heavy atom. The summed E-state index contributed by atoms with van der Waals surface area (Å²) in [6.07, 6.45) is -2.10. The molecule has 2 unspecified atom stereocenters. The summed E-state index contributed by atoms with van der Waals surface area (Å²) in [6, 6.07) is 31.1. The quantitative estimate of drug-likeness (QED) is 0.0185. The van der Waals surface area contributed by atoms with Gasteiger partial charge in [0.1, 0.15) is 50.1 Å². The van der Waals surface area contributed by atoms with Crippen LogP contribution in [0.25, 0.3) is 0 Å². The molecule has 0 saturated carbocycles. The summed E-state index contributed by atoms with van der Waals surface area (Å²) in [6.45, 7) is 1.08. The van der Waals surface area contributed by atoms with E-state index in [1.807, 2.05) is 18.2 Å². The van der Waals surface area contributed by atoms with Gasteiger partial charge in [0.15, 0.2) is 23.3 Å². The second-order valence-corrected chi connectivity index (χ2v) is 18.1. The molecular formula is C45H37Br2ClF4I2N4O8. The standard InChI is InChI=1S/C23H20BrF2IN2O4.C22H17BrClF2IN2O4/c1-13-9-14(27)7-8-19(13)28-22-17(10-18(24)20(25)21(22)26)23(31)29-33-12-15(30)11-32-16-5-3-2-4-6-16;23-29(33-12-14(30)11-32-15-4-2-1-3-5-15)22(31)16-7-8-18(25)20(26)21(16)28-19-9-6-13(27)10-17(19)24/h2-10,15,28,30H,11-12H2,1H3,(H,29,31);1-10,14,28,30H,11-12H2. The number of carbonyl (C=O) groups excluding carboxylic acids is 2. The smallest absolute Gasteiger partial charge is 0.290 e. The predicted octanol–water partition coefficient (Wildman–Crippen LogP) is 11.6. The number of rotatable bonds is 18. The molecular weight excluding hydrogens is 1250 g/mol. The summed E-state index contributed by atoms with van der Waals surface area (Å²) < 4.78 is 70.5. The SMILES string of the molecule is Cc1cc(I)ccc1Nc1c(C(=O)NOCC(O)COc2ccccc2)cc(Br)c(F)c1F.O=C(c1ccc(F)c(F)c1Nc1ccc(I)cc1Cl)N(Br)OCC(O)COc1ccccc1. The lowest BCUT2D eigenvalue weighted by Crippen LogP contribution is -2.31. The van der Waals surface area contributed by atoms with Gasteiger partial charge in [0.05, 0.1) is 53.8 Å². The number of benzene rings is 6. The van der Waals surface area contributed by atoms with Crippen LogP contribution in [0.3, 0.4) is 0 Å². The van der Waals surface area contributed by atoms with Gasteiger partial charge in [0.2, 0.25) is 0 Å². The highest BCUT2D eigenvalue weighted by Gasteiger charge is 2.26. The Morgan fingerprint density at radius 1 is 0.697 bits per heavy atom. The van der Waals surface area contributed by atoms with E-state index in [0.29, 0.717) is 21.3 Å². The maximum Gasteiger partial charge on any atom is 0.290 e. The van der Waals surface area contributed by atoms with E-state index >= 15 is 0 Å². The third-order valence-corrected chi connectivity index (χ3v) is 11.5. The summed E-state index contributed by atoms with van der Waals surface area (Å²) in [5, 5.41) is 25.8. The Morgan fingerprint density at radius 2 is 1.24 bits per heavy atom. The molecule has 0 spiro atoms. The highest BCUT2D eigenvalue weighted by atomic mass is 127. The molecule has 348 valence electrons. The van der Waals surface area contributed by atoms with Gasteiger partial charge >= 0.3 is 0 Å². The molecule has 0 aromatic heterocycles. The Labute approximate surface area is 425 Å². The minimum atomic E-state index is -1.26. The lowest BCUT2D eigenvalue weighted by Gasteiger charge is -2.19. The van der Waals surface area contributed by atoms with Crippen molar-refractivity contribution in [2.75, 3.05) is 37.1 Å². The van der Waals surface area contributed by atoms with Crippen molar-refractivity contribution in [3.8, 4) is 11.5 Å². The Bertz CT molecular complexity index is 2620. The van der Waals surface area contributed by atoms with E-state index in [-0.39, 0.29) is 58.4 Å². The van der Waals surface area contributed by atoms with E-state index in [2.05, 4.69) is 93.4 Å². The van der Waals surface area contributed by atoms with Crippen molar-refractivity contribution in [1.82, 2.24) is 9.57 Å². The first-order valence-corrected chi connectivity index (χ1v) is 23.2. The molecule has 2 atom stereocenters. The van der Waals surface area contributed by atoms with Gasteiger partial charge in [-0.15, -0.1) is 4.09 Å². The fourth-order valence-corrected chi connectivity index (χ4v) is 7.71. The van der Waals surface area contributed by atoms with Crippen LogP contribution < -0.4 is 25.6 Å². The number of hydrogen-bond donors (Lipinski definition) is 5. The van der Waals surface area contributed by atoms with Gasteiger partial charge in [0, 0.05) is 12.8 Å². The third kappa shape index (κ3) is 15.4. The number of hydroxylamine groups is 2. The van der Waals surface area contributed by atoms with Gasteiger partial charge in [-0.05, 0) is 152 Å². The maximum atomic E-state index is 14.7. The van der Waals surface area contributed by atoms with E-state index in [1.54, 1.807) is 85.8 Å². The Hall–Kier alpha value is -4.27. The number of hydrogen-bond acceptors (Lipinski definition) is 10. The van der Waals surface area contributed by atoms with Crippen molar-refractivity contribution in [3.05, 3.63) is 172 Å². The van der Waals surface area contributed by atoms with Crippen molar-refractivity contribution >= 4 is 123 Å². The highest BCUT2D eigenvalue weighted by molar-refractivity contribution is 14.1. The molecule has 0 saturated heterocycles. The largest absolute Gasteiger partial charge is 0.491 e. The summed E-state index contributed by atoms with van der Waals surface area (Å²) >= 11 is 16.2. The summed E-state index contributed by atoms with van der Waals surface area (Å²) in [4.78, 5) is 35.8. The number of nitrogens with one attached hydrogen (secondary N) is 3.